The minimum absolute atomic E-state index is 0.0103. The molecule has 9 nitrogen and oxygen atoms in total. The lowest BCUT2D eigenvalue weighted by molar-refractivity contribution is -0.156. The molecule has 38 heavy (non-hydrogen) atoms. The summed E-state index contributed by atoms with van der Waals surface area (Å²) < 4.78 is 23.0. The Morgan fingerprint density at radius 2 is 1.89 bits per heavy atom. The van der Waals surface area contributed by atoms with Crippen molar-refractivity contribution in [2.45, 2.75) is 52.1 Å². The Balaban J connectivity index is 1.37. The second kappa shape index (κ2) is 12.9. The van der Waals surface area contributed by atoms with Gasteiger partial charge in [-0.15, -0.1) is 0 Å². The van der Waals surface area contributed by atoms with Gasteiger partial charge in [0.1, 0.15) is 30.5 Å². The molecule has 0 radical (unpaired) electrons. The van der Waals surface area contributed by atoms with Gasteiger partial charge in [-0.05, 0) is 48.9 Å². The van der Waals surface area contributed by atoms with E-state index in [0.29, 0.717) is 42.1 Å². The fourth-order valence-corrected chi connectivity index (χ4v) is 4.18. The number of nitrogens with zero attached hydrogens (tertiary/aromatic N) is 1. The van der Waals surface area contributed by atoms with Gasteiger partial charge in [0.15, 0.2) is 6.73 Å². The van der Waals surface area contributed by atoms with Gasteiger partial charge in [0.2, 0.25) is 12.2 Å². The van der Waals surface area contributed by atoms with Crippen molar-refractivity contribution in [3.63, 3.8) is 0 Å². The fourth-order valence-electron chi connectivity index (χ4n) is 4.18. The summed E-state index contributed by atoms with van der Waals surface area (Å²) in [7, 11) is 0. The molecule has 1 aliphatic heterocycles. The molecule has 0 bridgehead atoms. The van der Waals surface area contributed by atoms with Crippen molar-refractivity contribution in [1.29, 1.82) is 0 Å². The third-order valence-corrected chi connectivity index (χ3v) is 6.15. The van der Waals surface area contributed by atoms with Crippen LogP contribution in [0.3, 0.4) is 0 Å². The second-order valence-corrected chi connectivity index (χ2v) is 8.96. The van der Waals surface area contributed by atoms with Crippen LogP contribution in [0.1, 0.15) is 38.7 Å². The first kappa shape index (κ1) is 26.9. The van der Waals surface area contributed by atoms with E-state index < -0.39 is 18.5 Å². The highest BCUT2D eigenvalue weighted by Crippen LogP contribution is 2.30. The van der Waals surface area contributed by atoms with Gasteiger partial charge in [0, 0.05) is 25.3 Å². The molecule has 1 N–H and O–H groups in total. The summed E-state index contributed by atoms with van der Waals surface area (Å²) in [4.78, 5) is 37.1. The van der Waals surface area contributed by atoms with E-state index in [2.05, 4.69) is 5.32 Å². The first-order chi connectivity index (χ1) is 18.5. The van der Waals surface area contributed by atoms with E-state index >= 15 is 0 Å². The summed E-state index contributed by atoms with van der Waals surface area (Å²) in [5.41, 5.74) is 1.09. The number of aldehydes is 1. The zero-order valence-corrected chi connectivity index (χ0v) is 21.6. The molecule has 3 aromatic carbocycles. The minimum atomic E-state index is -0.588. The average Bonchev–Trinajstić information content (AvgIpc) is 2.93. The zero-order valence-electron chi connectivity index (χ0n) is 21.6. The van der Waals surface area contributed by atoms with Crippen molar-refractivity contribution in [2.75, 3.05) is 18.6 Å². The minimum Gasteiger partial charge on any atom is -0.472 e. The quantitative estimate of drug-likeness (QED) is 0.287. The highest BCUT2D eigenvalue weighted by molar-refractivity contribution is 5.90. The monoisotopic (exact) mass is 520 g/mol. The maximum atomic E-state index is 12.8. The van der Waals surface area contributed by atoms with Crippen LogP contribution in [-0.4, -0.2) is 48.9 Å². The average molecular weight is 521 g/mol. The van der Waals surface area contributed by atoms with E-state index in [4.69, 9.17) is 18.9 Å². The SMILES string of the molecule is CCN(COc1cccc2ccccc12)C(=O)OCc1ccc(O[C@@H]2CCCC(C=O)O2)c(NC(C)=O)c1. The van der Waals surface area contributed by atoms with Crippen molar-refractivity contribution < 1.29 is 33.3 Å². The lowest BCUT2D eigenvalue weighted by Gasteiger charge is -2.28. The van der Waals surface area contributed by atoms with E-state index in [9.17, 15) is 14.4 Å². The number of fused-ring (bicyclic) bond motifs is 1. The predicted molar refractivity (Wildman–Crippen MR) is 142 cm³/mol. The molecule has 0 saturated carbocycles. The van der Waals surface area contributed by atoms with Gasteiger partial charge in [-0.2, -0.15) is 0 Å². The summed E-state index contributed by atoms with van der Waals surface area (Å²) in [5.74, 6) is 0.818. The van der Waals surface area contributed by atoms with Crippen LogP contribution in [0, 0.1) is 0 Å². The Kier molecular flexibility index (Phi) is 9.16. The number of carbonyl (C=O) groups is 3. The van der Waals surface area contributed by atoms with Crippen molar-refractivity contribution in [3.8, 4) is 11.5 Å². The molecule has 2 atom stereocenters. The van der Waals surface area contributed by atoms with Crippen LogP contribution in [-0.2, 0) is 25.7 Å². The van der Waals surface area contributed by atoms with Gasteiger partial charge in [0.25, 0.3) is 0 Å². The summed E-state index contributed by atoms with van der Waals surface area (Å²) >= 11 is 0. The van der Waals surface area contributed by atoms with Gasteiger partial charge in [-0.3, -0.25) is 9.69 Å². The molecule has 9 heteroatoms. The van der Waals surface area contributed by atoms with Crippen LogP contribution in [0.15, 0.2) is 60.7 Å². The molecule has 1 fully saturated rings. The Hall–Kier alpha value is -4.11. The number of rotatable bonds is 10. The van der Waals surface area contributed by atoms with E-state index in [1.807, 2.05) is 49.4 Å². The van der Waals surface area contributed by atoms with Gasteiger partial charge >= 0.3 is 6.09 Å². The zero-order chi connectivity index (χ0) is 26.9. The highest BCUT2D eigenvalue weighted by atomic mass is 16.7. The molecule has 1 aliphatic rings. The third kappa shape index (κ3) is 7.01. The number of hydrogen-bond donors (Lipinski definition) is 1. The topological polar surface area (TPSA) is 103 Å². The van der Waals surface area contributed by atoms with Crippen LogP contribution in [0.2, 0.25) is 0 Å². The lowest BCUT2D eigenvalue weighted by Crippen LogP contribution is -2.34. The number of ether oxygens (including phenoxy) is 4. The predicted octanol–water partition coefficient (Wildman–Crippen LogP) is 5.27. The molecule has 3 aromatic rings. The van der Waals surface area contributed by atoms with Gasteiger partial charge in [0.05, 0.1) is 5.69 Å². The van der Waals surface area contributed by atoms with Crippen LogP contribution in [0.4, 0.5) is 10.5 Å². The van der Waals surface area contributed by atoms with Gasteiger partial charge in [-0.25, -0.2) is 4.79 Å². The Morgan fingerprint density at radius 1 is 1.08 bits per heavy atom. The fraction of sp³-hybridized carbons (Fsp3) is 0.345. The number of hydrogen-bond acceptors (Lipinski definition) is 7. The number of amides is 2. The lowest BCUT2D eigenvalue weighted by atomic mass is 10.1. The van der Waals surface area contributed by atoms with Crippen molar-refractivity contribution in [3.05, 3.63) is 66.2 Å². The summed E-state index contributed by atoms with van der Waals surface area (Å²) in [6.45, 7) is 3.67. The van der Waals surface area contributed by atoms with Gasteiger partial charge < -0.3 is 29.1 Å². The van der Waals surface area contributed by atoms with Gasteiger partial charge in [-0.1, -0.05) is 42.5 Å². The molecule has 1 heterocycles. The van der Waals surface area contributed by atoms with E-state index in [0.717, 1.165) is 23.5 Å². The largest absolute Gasteiger partial charge is 0.472 e. The number of nitrogens with one attached hydrogen (secondary N) is 1. The van der Waals surface area contributed by atoms with Crippen molar-refractivity contribution in [2.24, 2.45) is 0 Å². The number of anilines is 1. The smallest absolute Gasteiger partial charge is 0.412 e. The Labute approximate surface area is 221 Å². The molecule has 2 amide bonds. The van der Waals surface area contributed by atoms with Crippen molar-refractivity contribution >= 4 is 34.7 Å². The highest BCUT2D eigenvalue weighted by Gasteiger charge is 2.24. The van der Waals surface area contributed by atoms with Crippen LogP contribution >= 0.6 is 0 Å². The van der Waals surface area contributed by atoms with E-state index in [1.165, 1.54) is 11.8 Å². The van der Waals surface area contributed by atoms with E-state index in [1.54, 1.807) is 18.2 Å². The molecule has 0 aromatic heterocycles. The maximum absolute atomic E-state index is 12.8. The molecule has 0 spiro atoms. The maximum Gasteiger partial charge on any atom is 0.412 e. The second-order valence-electron chi connectivity index (χ2n) is 8.96. The standard InChI is InChI=1S/C29H32N2O7/c1-3-31(19-36-26-12-6-9-22-8-4-5-11-24(22)26)29(34)35-18-21-14-15-27(25(16-21)30-20(2)33)38-28-13-7-10-23(17-32)37-28/h4-6,8-9,11-12,14-17,23,28H,3,7,10,13,18-19H2,1-2H3,(H,30,33)/t23?,28-/m1/s1. The third-order valence-electron chi connectivity index (χ3n) is 6.15. The molecule has 1 saturated heterocycles. The first-order valence-electron chi connectivity index (χ1n) is 12.7. The molecule has 1 unspecified atom stereocenters. The number of benzene rings is 3. The Morgan fingerprint density at radius 3 is 2.68 bits per heavy atom. The summed E-state index contributed by atoms with van der Waals surface area (Å²) in [5, 5.41) is 4.76. The Bertz CT molecular complexity index is 1270. The number of carbonyl (C=O) groups excluding carboxylic acids is 3. The normalized spacial score (nSPS) is 16.9. The first-order valence-corrected chi connectivity index (χ1v) is 12.7. The molecule has 4 rings (SSSR count). The van der Waals surface area contributed by atoms with E-state index in [-0.39, 0.29) is 19.2 Å². The van der Waals surface area contributed by atoms with Crippen LogP contribution in [0.25, 0.3) is 10.8 Å². The molecular formula is C29H32N2O7. The van der Waals surface area contributed by atoms with Crippen LogP contribution < -0.4 is 14.8 Å². The molecule has 200 valence electrons. The molecule has 0 aliphatic carbocycles. The molecular weight excluding hydrogens is 488 g/mol. The summed E-state index contributed by atoms with van der Waals surface area (Å²) in [6, 6.07) is 18.8. The summed E-state index contributed by atoms with van der Waals surface area (Å²) in [6.07, 6.45) is 1.26. The van der Waals surface area contributed by atoms with Crippen LogP contribution in [0.5, 0.6) is 11.5 Å². The van der Waals surface area contributed by atoms with Crippen molar-refractivity contribution in [1.82, 2.24) is 4.90 Å².